The van der Waals surface area contributed by atoms with Crippen LogP contribution >= 0.6 is 0 Å². The van der Waals surface area contributed by atoms with Gasteiger partial charge in [-0.25, -0.2) is 4.79 Å². The van der Waals surface area contributed by atoms with Crippen LogP contribution < -0.4 is 15.0 Å². The molecule has 0 aliphatic carbocycles. The number of carbonyl (C=O) groups excluding carboxylic acids is 2. The number of esters is 1. The summed E-state index contributed by atoms with van der Waals surface area (Å²) in [6.07, 6.45) is 5.75. The highest BCUT2D eigenvalue weighted by molar-refractivity contribution is 5.93. The first kappa shape index (κ1) is 27.6. The lowest BCUT2D eigenvalue weighted by Gasteiger charge is -2.32. The van der Waals surface area contributed by atoms with Crippen LogP contribution in [-0.2, 0) is 16.0 Å². The van der Waals surface area contributed by atoms with Crippen LogP contribution in [0.25, 0.3) is 0 Å². The molecular weight excluding hydrogens is 452 g/mol. The highest BCUT2D eigenvalue weighted by Gasteiger charge is 2.23. The van der Waals surface area contributed by atoms with Crippen LogP contribution in [0.15, 0.2) is 42.5 Å². The van der Waals surface area contributed by atoms with E-state index in [0.29, 0.717) is 17.9 Å². The topological polar surface area (TPSA) is 67.9 Å². The first-order chi connectivity index (χ1) is 17.2. The smallest absolute Gasteiger partial charge is 0.342 e. The van der Waals surface area contributed by atoms with Crippen molar-refractivity contribution >= 4 is 17.6 Å². The molecule has 1 amide bonds. The molecule has 1 saturated heterocycles. The fraction of sp³-hybridized carbons (Fsp3) is 0.533. The molecule has 1 N–H and O–H groups in total. The van der Waals surface area contributed by atoms with Crippen LogP contribution in [0.2, 0.25) is 0 Å². The Morgan fingerprint density at radius 1 is 1.03 bits per heavy atom. The predicted molar refractivity (Wildman–Crippen MR) is 145 cm³/mol. The van der Waals surface area contributed by atoms with E-state index >= 15 is 0 Å². The number of carbonyl (C=O) groups is 2. The van der Waals surface area contributed by atoms with Crippen molar-refractivity contribution in [2.75, 3.05) is 24.6 Å². The molecule has 0 radical (unpaired) electrons. The summed E-state index contributed by atoms with van der Waals surface area (Å²) < 4.78 is 11.2. The maximum Gasteiger partial charge on any atom is 0.342 e. The van der Waals surface area contributed by atoms with Gasteiger partial charge in [0, 0.05) is 18.8 Å². The summed E-state index contributed by atoms with van der Waals surface area (Å²) in [5, 5.41) is 3.28. The van der Waals surface area contributed by atoms with Crippen LogP contribution in [0.4, 0.5) is 5.69 Å². The first-order valence-electron chi connectivity index (χ1n) is 13.3. The summed E-state index contributed by atoms with van der Waals surface area (Å²) in [6.45, 7) is 12.1. The van der Waals surface area contributed by atoms with E-state index in [4.69, 9.17) is 9.47 Å². The van der Waals surface area contributed by atoms with Gasteiger partial charge in [-0.3, -0.25) is 4.79 Å². The second-order valence-corrected chi connectivity index (χ2v) is 10.5. The summed E-state index contributed by atoms with van der Waals surface area (Å²) in [4.78, 5) is 28.3. The Hall–Kier alpha value is -3.02. The molecule has 0 saturated carbocycles. The van der Waals surface area contributed by atoms with E-state index in [1.807, 2.05) is 27.7 Å². The number of piperidine rings is 1. The number of nitrogens with one attached hydrogen (secondary N) is 1. The minimum Gasteiger partial charge on any atom is -0.493 e. The fourth-order valence-electron chi connectivity index (χ4n) is 4.68. The van der Waals surface area contributed by atoms with E-state index in [2.05, 4.69) is 41.4 Å². The summed E-state index contributed by atoms with van der Waals surface area (Å²) in [6, 6.07) is 13.7. The van der Waals surface area contributed by atoms with E-state index in [1.54, 1.807) is 18.2 Å². The van der Waals surface area contributed by atoms with Crippen LogP contribution in [-0.4, -0.2) is 37.2 Å². The van der Waals surface area contributed by atoms with Crippen molar-refractivity contribution in [1.29, 1.82) is 0 Å². The van der Waals surface area contributed by atoms with Gasteiger partial charge >= 0.3 is 5.97 Å². The van der Waals surface area contributed by atoms with Gasteiger partial charge in [-0.2, -0.15) is 0 Å². The van der Waals surface area contributed by atoms with Crippen LogP contribution in [0.1, 0.15) is 94.2 Å². The van der Waals surface area contributed by atoms with E-state index in [1.165, 1.54) is 30.5 Å². The Morgan fingerprint density at radius 2 is 1.75 bits per heavy atom. The second-order valence-electron chi connectivity index (χ2n) is 10.5. The van der Waals surface area contributed by atoms with Gasteiger partial charge in [-0.05, 0) is 82.7 Å². The third-order valence-corrected chi connectivity index (χ3v) is 6.25. The van der Waals surface area contributed by atoms with Crippen LogP contribution in [0.5, 0.6) is 5.75 Å². The van der Waals surface area contributed by atoms with Crippen molar-refractivity contribution in [3.63, 3.8) is 0 Å². The minimum atomic E-state index is -0.599. The van der Waals surface area contributed by atoms with E-state index in [9.17, 15) is 9.59 Å². The zero-order valence-electron chi connectivity index (χ0n) is 22.6. The number of anilines is 1. The monoisotopic (exact) mass is 494 g/mol. The molecule has 1 heterocycles. The van der Waals surface area contributed by atoms with Gasteiger partial charge in [-0.15, -0.1) is 0 Å². The summed E-state index contributed by atoms with van der Waals surface area (Å²) in [7, 11) is 0. The number of amides is 1. The quantitative estimate of drug-likeness (QED) is 0.397. The SMILES string of the molecule is CCCC(NC(=O)Cc1ccc(C(=O)OC(C)(C)C)c(OCC)c1)c1ccccc1N1CCCCC1. The van der Waals surface area contributed by atoms with Crippen molar-refractivity contribution in [3.8, 4) is 5.75 Å². The van der Waals surface area contributed by atoms with Crippen molar-refractivity contribution in [3.05, 3.63) is 59.2 Å². The summed E-state index contributed by atoms with van der Waals surface area (Å²) in [5.74, 6) is -0.0359. The number of hydrogen-bond acceptors (Lipinski definition) is 5. The number of rotatable bonds is 10. The van der Waals surface area contributed by atoms with Gasteiger partial charge < -0.3 is 19.7 Å². The van der Waals surface area contributed by atoms with E-state index < -0.39 is 11.6 Å². The molecule has 196 valence electrons. The van der Waals surface area contributed by atoms with Gasteiger partial charge in [0.05, 0.1) is 19.1 Å². The second kappa shape index (κ2) is 12.8. The van der Waals surface area contributed by atoms with Gasteiger partial charge in [-0.1, -0.05) is 37.6 Å². The molecule has 6 nitrogen and oxygen atoms in total. The highest BCUT2D eigenvalue weighted by Crippen LogP contribution is 2.31. The zero-order chi connectivity index (χ0) is 26.1. The van der Waals surface area contributed by atoms with Crippen LogP contribution in [0, 0.1) is 0 Å². The first-order valence-corrected chi connectivity index (χ1v) is 13.3. The maximum absolute atomic E-state index is 13.2. The average Bonchev–Trinajstić information content (AvgIpc) is 2.83. The largest absolute Gasteiger partial charge is 0.493 e. The molecule has 1 atom stereocenters. The maximum atomic E-state index is 13.2. The molecule has 6 heteroatoms. The Balaban J connectivity index is 1.76. The number of nitrogens with zero attached hydrogens (tertiary/aromatic N) is 1. The molecule has 0 bridgehead atoms. The molecule has 0 aromatic heterocycles. The Labute approximate surface area is 216 Å². The molecule has 1 aliphatic heterocycles. The molecule has 2 aromatic rings. The molecule has 0 spiro atoms. The van der Waals surface area contributed by atoms with Gasteiger partial charge in [0.2, 0.25) is 5.91 Å². The van der Waals surface area contributed by atoms with Crippen LogP contribution in [0.3, 0.4) is 0 Å². The van der Waals surface area contributed by atoms with E-state index in [-0.39, 0.29) is 18.4 Å². The number of ether oxygens (including phenoxy) is 2. The lowest BCUT2D eigenvalue weighted by molar-refractivity contribution is -0.121. The fourth-order valence-corrected chi connectivity index (χ4v) is 4.68. The van der Waals surface area contributed by atoms with Crippen molar-refractivity contribution in [2.45, 2.75) is 84.8 Å². The number of benzene rings is 2. The van der Waals surface area contributed by atoms with Gasteiger partial charge in [0.25, 0.3) is 0 Å². The molecule has 2 aromatic carbocycles. The molecular formula is C30H42N2O4. The Kier molecular flexibility index (Phi) is 9.80. The van der Waals surface area contributed by atoms with E-state index in [0.717, 1.165) is 31.5 Å². The van der Waals surface area contributed by atoms with Crippen molar-refractivity contribution in [2.24, 2.45) is 0 Å². The minimum absolute atomic E-state index is 0.0469. The third-order valence-electron chi connectivity index (χ3n) is 6.25. The lowest BCUT2D eigenvalue weighted by Crippen LogP contribution is -2.34. The lowest BCUT2D eigenvalue weighted by atomic mass is 9.97. The number of para-hydroxylation sites is 1. The summed E-state index contributed by atoms with van der Waals surface area (Å²) >= 11 is 0. The standard InChI is InChI=1S/C30H42N2O4/c1-6-13-25(23-14-9-10-15-26(23)32-18-11-8-12-19-32)31-28(33)21-22-16-17-24(27(20-22)35-7-2)29(34)36-30(3,4)5/h9-10,14-17,20,25H,6-8,11-13,18-19,21H2,1-5H3,(H,31,33). The van der Waals surface area contributed by atoms with Gasteiger partial charge in [0.1, 0.15) is 16.9 Å². The molecule has 3 rings (SSSR count). The summed E-state index contributed by atoms with van der Waals surface area (Å²) in [5.41, 5.74) is 2.98. The molecule has 1 aliphatic rings. The zero-order valence-corrected chi connectivity index (χ0v) is 22.6. The highest BCUT2D eigenvalue weighted by atomic mass is 16.6. The van der Waals surface area contributed by atoms with Gasteiger partial charge in [0.15, 0.2) is 0 Å². The third kappa shape index (κ3) is 7.74. The van der Waals surface area contributed by atoms with Crippen molar-refractivity contribution in [1.82, 2.24) is 5.32 Å². The molecule has 36 heavy (non-hydrogen) atoms. The molecule has 1 unspecified atom stereocenters. The Morgan fingerprint density at radius 3 is 2.42 bits per heavy atom. The normalized spacial score (nSPS) is 14.8. The predicted octanol–water partition coefficient (Wildman–Crippen LogP) is 6.23. The Bertz CT molecular complexity index is 1020. The number of hydrogen-bond donors (Lipinski definition) is 1. The van der Waals surface area contributed by atoms with Crippen molar-refractivity contribution < 1.29 is 19.1 Å². The average molecular weight is 495 g/mol. The molecule has 1 fully saturated rings.